The average molecular weight is 334 g/mol. The number of carbonyl (C=O) groups excluding carboxylic acids is 1. The molecule has 0 bridgehead atoms. The molecule has 23 heavy (non-hydrogen) atoms. The molecule has 2 heterocycles. The second kappa shape index (κ2) is 7.29. The Bertz CT molecular complexity index is 545. The van der Waals surface area contributed by atoms with Gasteiger partial charge in [0.25, 0.3) is 0 Å². The first kappa shape index (κ1) is 17.7. The Morgan fingerprint density at radius 1 is 1.43 bits per heavy atom. The third-order valence-corrected chi connectivity index (χ3v) is 4.00. The minimum Gasteiger partial charge on any atom is -0.469 e. The summed E-state index contributed by atoms with van der Waals surface area (Å²) in [5.74, 6) is -1.25. The summed E-state index contributed by atoms with van der Waals surface area (Å²) in [5, 5.41) is 7.71. The Kier molecular flexibility index (Phi) is 5.61. The van der Waals surface area contributed by atoms with Crippen molar-refractivity contribution in [2.45, 2.75) is 50.9 Å². The van der Waals surface area contributed by atoms with Crippen LogP contribution in [0.5, 0.6) is 0 Å². The Balaban J connectivity index is 1.97. The normalized spacial score (nSPS) is 18.1. The van der Waals surface area contributed by atoms with Gasteiger partial charge in [0.1, 0.15) is 17.6 Å². The molecule has 6 nitrogen and oxygen atoms in total. The van der Waals surface area contributed by atoms with Crippen LogP contribution in [-0.2, 0) is 22.6 Å². The van der Waals surface area contributed by atoms with Crippen molar-refractivity contribution in [1.82, 2.24) is 19.7 Å². The largest absolute Gasteiger partial charge is 0.469 e. The fourth-order valence-electron chi connectivity index (χ4n) is 2.78. The molecule has 1 atom stereocenters. The van der Waals surface area contributed by atoms with E-state index in [-0.39, 0.29) is 18.2 Å². The zero-order valence-corrected chi connectivity index (χ0v) is 13.3. The zero-order chi connectivity index (χ0) is 17.0. The Morgan fingerprint density at radius 3 is 2.83 bits per heavy atom. The molecule has 0 N–H and O–H groups in total. The van der Waals surface area contributed by atoms with Crippen LogP contribution in [0, 0.1) is 0 Å². The summed E-state index contributed by atoms with van der Waals surface area (Å²) >= 11 is 0. The molecule has 130 valence electrons. The maximum absolute atomic E-state index is 13.0. The molecule has 0 fully saturated rings. The van der Waals surface area contributed by atoms with Crippen molar-refractivity contribution in [2.75, 3.05) is 20.7 Å². The minimum absolute atomic E-state index is 0.0155. The summed E-state index contributed by atoms with van der Waals surface area (Å²) in [7, 11) is 3.18. The van der Waals surface area contributed by atoms with Crippen LogP contribution >= 0.6 is 0 Å². The molecule has 2 rings (SSSR count). The topological polar surface area (TPSA) is 60.2 Å². The second-order valence-corrected chi connectivity index (χ2v) is 5.78. The first-order valence-corrected chi connectivity index (χ1v) is 7.57. The number of alkyl halides is 3. The quantitative estimate of drug-likeness (QED) is 0.746. The van der Waals surface area contributed by atoms with Gasteiger partial charge in [0, 0.05) is 13.0 Å². The zero-order valence-electron chi connectivity index (χ0n) is 13.3. The van der Waals surface area contributed by atoms with Crippen LogP contribution in [0.2, 0.25) is 0 Å². The minimum atomic E-state index is -4.28. The summed E-state index contributed by atoms with van der Waals surface area (Å²) in [4.78, 5) is 13.0. The molecular weight excluding hydrogens is 313 g/mol. The van der Waals surface area contributed by atoms with E-state index < -0.39 is 12.1 Å². The lowest BCUT2D eigenvalue weighted by atomic mass is 9.98. The van der Waals surface area contributed by atoms with Gasteiger partial charge in [0.15, 0.2) is 0 Å². The highest BCUT2D eigenvalue weighted by Crippen LogP contribution is 2.40. The van der Waals surface area contributed by atoms with E-state index in [4.69, 9.17) is 0 Å². The van der Waals surface area contributed by atoms with Crippen molar-refractivity contribution in [2.24, 2.45) is 0 Å². The monoisotopic (exact) mass is 334 g/mol. The van der Waals surface area contributed by atoms with E-state index in [0.29, 0.717) is 44.7 Å². The Hall–Kier alpha value is -1.64. The highest BCUT2D eigenvalue weighted by atomic mass is 19.4. The van der Waals surface area contributed by atoms with Crippen LogP contribution < -0.4 is 0 Å². The molecular formula is C14H21F3N4O2. The number of hydrogen-bond donors (Lipinski definition) is 0. The maximum Gasteiger partial charge on any atom is 0.398 e. The number of carbonyl (C=O) groups is 1. The van der Waals surface area contributed by atoms with Gasteiger partial charge in [-0.25, -0.2) is 0 Å². The fraction of sp³-hybridized carbons (Fsp3) is 0.786. The van der Waals surface area contributed by atoms with E-state index >= 15 is 0 Å². The summed E-state index contributed by atoms with van der Waals surface area (Å²) < 4.78 is 45.2. The molecule has 1 unspecified atom stereocenters. The Morgan fingerprint density at radius 2 is 2.17 bits per heavy atom. The van der Waals surface area contributed by atoms with Crippen LogP contribution in [0.25, 0.3) is 0 Å². The third kappa shape index (κ3) is 4.43. The van der Waals surface area contributed by atoms with E-state index in [9.17, 15) is 18.0 Å². The van der Waals surface area contributed by atoms with Crippen molar-refractivity contribution >= 4 is 5.97 Å². The fourth-order valence-corrected chi connectivity index (χ4v) is 2.78. The van der Waals surface area contributed by atoms with Gasteiger partial charge in [-0.1, -0.05) is 0 Å². The molecule has 0 saturated carbocycles. The molecule has 1 aromatic rings. The van der Waals surface area contributed by atoms with Gasteiger partial charge in [-0.2, -0.15) is 13.2 Å². The molecule has 9 heteroatoms. The standard InChI is InChI=1S/C14H21F3N4O2/c1-20(7-4-6-12(22)23-2)9-11-18-19-13-10(14(15,16)17)5-3-8-21(11)13/h10H,3-9H2,1-2H3. The SMILES string of the molecule is COC(=O)CCCN(C)Cc1nnc2n1CCCC2C(F)(F)F. The molecule has 1 aromatic heterocycles. The number of fused-ring (bicyclic) bond motifs is 1. The van der Waals surface area contributed by atoms with Crippen LogP contribution in [-0.4, -0.2) is 52.5 Å². The molecule has 0 amide bonds. The maximum atomic E-state index is 13.0. The molecule has 0 radical (unpaired) electrons. The van der Waals surface area contributed by atoms with Crippen LogP contribution in [0.1, 0.15) is 43.3 Å². The van der Waals surface area contributed by atoms with Gasteiger partial charge < -0.3 is 9.30 Å². The predicted molar refractivity (Wildman–Crippen MR) is 75.6 cm³/mol. The first-order chi connectivity index (χ1) is 10.8. The van der Waals surface area contributed by atoms with Crippen LogP contribution in [0.15, 0.2) is 0 Å². The van der Waals surface area contributed by atoms with Crippen LogP contribution in [0.3, 0.4) is 0 Å². The number of aromatic nitrogens is 3. The number of methoxy groups -OCH3 is 1. The summed E-state index contributed by atoms with van der Waals surface area (Å²) in [6, 6.07) is 0. The predicted octanol–water partition coefficient (Wildman–Crippen LogP) is 2.10. The van der Waals surface area contributed by atoms with Gasteiger partial charge in [0.2, 0.25) is 0 Å². The number of nitrogens with zero attached hydrogens (tertiary/aromatic N) is 4. The molecule has 0 spiro atoms. The molecule has 0 saturated heterocycles. The van der Waals surface area contributed by atoms with E-state index in [1.165, 1.54) is 7.11 Å². The van der Waals surface area contributed by atoms with E-state index in [2.05, 4.69) is 14.9 Å². The highest BCUT2D eigenvalue weighted by Gasteiger charge is 2.45. The highest BCUT2D eigenvalue weighted by molar-refractivity contribution is 5.69. The van der Waals surface area contributed by atoms with Crippen molar-refractivity contribution in [3.05, 3.63) is 11.6 Å². The Labute approximate surface area is 132 Å². The number of ether oxygens (including phenoxy) is 1. The van der Waals surface area contributed by atoms with E-state index in [1.807, 2.05) is 11.9 Å². The first-order valence-electron chi connectivity index (χ1n) is 7.57. The van der Waals surface area contributed by atoms with Gasteiger partial charge in [0.05, 0.1) is 13.7 Å². The van der Waals surface area contributed by atoms with Crippen molar-refractivity contribution in [1.29, 1.82) is 0 Å². The van der Waals surface area contributed by atoms with Gasteiger partial charge in [-0.15, -0.1) is 10.2 Å². The third-order valence-electron chi connectivity index (χ3n) is 4.00. The molecule has 0 aromatic carbocycles. The lowest BCUT2D eigenvalue weighted by Crippen LogP contribution is -2.29. The molecule has 1 aliphatic heterocycles. The van der Waals surface area contributed by atoms with Crippen molar-refractivity contribution in [3.8, 4) is 0 Å². The van der Waals surface area contributed by atoms with Crippen molar-refractivity contribution < 1.29 is 22.7 Å². The number of rotatable bonds is 6. The van der Waals surface area contributed by atoms with Crippen molar-refractivity contribution in [3.63, 3.8) is 0 Å². The number of halogens is 3. The van der Waals surface area contributed by atoms with Gasteiger partial charge >= 0.3 is 12.1 Å². The molecule has 0 aliphatic carbocycles. The second-order valence-electron chi connectivity index (χ2n) is 5.78. The molecule has 1 aliphatic rings. The summed E-state index contributed by atoms with van der Waals surface area (Å²) in [6.45, 7) is 1.54. The number of hydrogen-bond acceptors (Lipinski definition) is 5. The summed E-state index contributed by atoms with van der Waals surface area (Å²) in [5.41, 5.74) is 0. The van der Waals surface area contributed by atoms with Gasteiger partial charge in [-0.3, -0.25) is 9.69 Å². The summed E-state index contributed by atoms with van der Waals surface area (Å²) in [6.07, 6.45) is -2.82. The van der Waals surface area contributed by atoms with E-state index in [0.717, 1.165) is 0 Å². The van der Waals surface area contributed by atoms with E-state index in [1.54, 1.807) is 4.57 Å². The average Bonchev–Trinajstić information content (AvgIpc) is 2.89. The lowest BCUT2D eigenvalue weighted by molar-refractivity contribution is -0.156. The van der Waals surface area contributed by atoms with Gasteiger partial charge in [-0.05, 0) is 32.9 Å². The lowest BCUT2D eigenvalue weighted by Gasteiger charge is -2.26. The van der Waals surface area contributed by atoms with Crippen LogP contribution in [0.4, 0.5) is 13.2 Å². The number of esters is 1. The smallest absolute Gasteiger partial charge is 0.398 e.